The minimum atomic E-state index is 0. The molecule has 0 spiro atoms. The molecule has 1 aliphatic rings. The Kier molecular flexibility index (Phi) is 11.7. The molecule has 3 nitrogen and oxygen atoms in total. The molecule has 1 aliphatic heterocycles. The van der Waals surface area contributed by atoms with Crippen molar-refractivity contribution in [2.45, 2.75) is 44.4 Å². The molecule has 0 amide bonds. The standard InChI is InChI=1S/C27H28Cl2N2O.2ClH/c1-32-26-14-8-13-21-20(12-7-3-6-11-19-9-4-2-5-10-19)16-31-25(27(21)26)15-22-23(28)17-30-18-24(22)29;;/h2,4-5,8-10,13-14,17-18,20H,3,6-7,11-12,15-16H2,1H3;2*1H. The number of fused-ring (bicyclic) bond motifs is 1. The van der Waals surface area contributed by atoms with Crippen molar-refractivity contribution in [2.75, 3.05) is 13.7 Å². The molecule has 0 radical (unpaired) electrons. The largest absolute Gasteiger partial charge is 0.496 e. The molecule has 34 heavy (non-hydrogen) atoms. The van der Waals surface area contributed by atoms with Crippen LogP contribution in [-0.4, -0.2) is 24.4 Å². The van der Waals surface area contributed by atoms with Crippen molar-refractivity contribution in [3.8, 4) is 5.75 Å². The van der Waals surface area contributed by atoms with Crippen molar-refractivity contribution < 1.29 is 4.74 Å². The third-order valence-electron chi connectivity index (χ3n) is 6.17. The molecule has 1 aromatic heterocycles. The average molecular weight is 540 g/mol. The third-order valence-corrected chi connectivity index (χ3v) is 6.82. The number of nitrogens with zero attached hydrogens (tertiary/aromatic N) is 2. The van der Waals surface area contributed by atoms with Gasteiger partial charge in [-0.25, -0.2) is 0 Å². The molecule has 2 aromatic carbocycles. The molecule has 0 N–H and O–H groups in total. The lowest BCUT2D eigenvalue weighted by atomic mass is 9.84. The second-order valence-corrected chi connectivity index (χ2v) is 9.07. The minimum Gasteiger partial charge on any atom is -0.496 e. The van der Waals surface area contributed by atoms with Crippen LogP contribution < -0.4 is 4.74 Å². The van der Waals surface area contributed by atoms with Gasteiger partial charge < -0.3 is 4.74 Å². The number of halogens is 4. The van der Waals surface area contributed by atoms with E-state index in [1.807, 2.05) is 6.07 Å². The van der Waals surface area contributed by atoms with E-state index in [2.05, 4.69) is 47.4 Å². The van der Waals surface area contributed by atoms with E-state index in [4.69, 9.17) is 32.9 Å². The molecule has 0 saturated carbocycles. The first-order chi connectivity index (χ1) is 15.7. The lowest BCUT2D eigenvalue weighted by molar-refractivity contribution is 0.411. The SMILES string of the molecule is COc1cccc2c1C(Cc1c(Cl)cncc1Cl)=NCC2CCCCCc1ccccc1.Cl.Cl. The van der Waals surface area contributed by atoms with Gasteiger partial charge in [-0.05, 0) is 42.0 Å². The van der Waals surface area contributed by atoms with Gasteiger partial charge in [0.2, 0.25) is 0 Å². The maximum Gasteiger partial charge on any atom is 0.128 e. The molecule has 7 heteroatoms. The molecular formula is C27H30Cl4N2O. The highest BCUT2D eigenvalue weighted by Crippen LogP contribution is 2.37. The molecular weight excluding hydrogens is 510 g/mol. The number of rotatable bonds is 9. The summed E-state index contributed by atoms with van der Waals surface area (Å²) in [6.45, 7) is 0.786. The van der Waals surface area contributed by atoms with Crippen LogP contribution in [0.2, 0.25) is 10.0 Å². The minimum absolute atomic E-state index is 0. The Balaban J connectivity index is 0.00000204. The van der Waals surface area contributed by atoms with Crippen molar-refractivity contribution in [3.05, 3.63) is 93.2 Å². The van der Waals surface area contributed by atoms with Crippen LogP contribution >= 0.6 is 48.0 Å². The Hall–Kier alpha value is -1.78. The van der Waals surface area contributed by atoms with Crippen LogP contribution in [0.3, 0.4) is 0 Å². The first-order valence-electron chi connectivity index (χ1n) is 11.2. The monoisotopic (exact) mass is 538 g/mol. The number of unbranched alkanes of at least 4 members (excludes halogenated alkanes) is 2. The van der Waals surface area contributed by atoms with Gasteiger partial charge in [0, 0.05) is 36.8 Å². The van der Waals surface area contributed by atoms with Crippen LogP contribution in [0.5, 0.6) is 5.75 Å². The summed E-state index contributed by atoms with van der Waals surface area (Å²) in [7, 11) is 1.72. The Labute approximate surface area is 224 Å². The van der Waals surface area contributed by atoms with E-state index in [0.717, 1.165) is 42.0 Å². The number of aliphatic imine (C=N–C) groups is 1. The number of aryl methyl sites for hydroxylation is 1. The van der Waals surface area contributed by atoms with Gasteiger partial charge in [0.1, 0.15) is 5.75 Å². The number of pyridine rings is 1. The normalized spacial score (nSPS) is 14.3. The Morgan fingerprint density at radius 1 is 0.912 bits per heavy atom. The highest BCUT2D eigenvalue weighted by atomic mass is 35.5. The number of hydrogen-bond acceptors (Lipinski definition) is 3. The maximum atomic E-state index is 6.39. The van der Waals surface area contributed by atoms with Crippen molar-refractivity contribution in [2.24, 2.45) is 4.99 Å². The van der Waals surface area contributed by atoms with E-state index in [-0.39, 0.29) is 24.8 Å². The Morgan fingerprint density at radius 3 is 2.35 bits per heavy atom. The van der Waals surface area contributed by atoms with Crippen LogP contribution in [0.1, 0.15) is 53.9 Å². The summed E-state index contributed by atoms with van der Waals surface area (Å²) in [5.74, 6) is 1.26. The number of benzene rings is 2. The van der Waals surface area contributed by atoms with Crippen LogP contribution in [0, 0.1) is 0 Å². The fourth-order valence-corrected chi connectivity index (χ4v) is 4.97. The summed E-state index contributed by atoms with van der Waals surface area (Å²) in [5.41, 5.74) is 5.67. The molecule has 1 atom stereocenters. The van der Waals surface area contributed by atoms with Crippen molar-refractivity contribution >= 4 is 53.7 Å². The molecule has 0 saturated heterocycles. The predicted molar refractivity (Wildman–Crippen MR) is 148 cm³/mol. The van der Waals surface area contributed by atoms with Crippen LogP contribution in [0.15, 0.2) is 65.9 Å². The highest BCUT2D eigenvalue weighted by molar-refractivity contribution is 6.36. The van der Waals surface area contributed by atoms with Crippen molar-refractivity contribution in [1.29, 1.82) is 0 Å². The van der Waals surface area contributed by atoms with Gasteiger partial charge in [-0.2, -0.15) is 0 Å². The smallest absolute Gasteiger partial charge is 0.128 e. The number of ether oxygens (including phenoxy) is 1. The summed E-state index contributed by atoms with van der Waals surface area (Å²) in [4.78, 5) is 9.05. The Bertz CT molecular complexity index is 1070. The summed E-state index contributed by atoms with van der Waals surface area (Å²) >= 11 is 12.8. The number of aromatic nitrogens is 1. The maximum absolute atomic E-state index is 6.39. The third kappa shape index (κ3) is 6.88. The first-order valence-corrected chi connectivity index (χ1v) is 12.0. The molecule has 4 rings (SSSR count). The second kappa shape index (κ2) is 13.9. The van der Waals surface area contributed by atoms with Gasteiger partial charge in [-0.3, -0.25) is 9.98 Å². The molecule has 182 valence electrons. The highest BCUT2D eigenvalue weighted by Gasteiger charge is 2.26. The summed E-state index contributed by atoms with van der Waals surface area (Å²) in [6, 6.07) is 17.0. The van der Waals surface area contributed by atoms with E-state index in [9.17, 15) is 0 Å². The zero-order valence-electron chi connectivity index (χ0n) is 19.2. The van der Waals surface area contributed by atoms with Crippen LogP contribution in [0.25, 0.3) is 0 Å². The molecule has 0 bridgehead atoms. The van der Waals surface area contributed by atoms with E-state index >= 15 is 0 Å². The summed E-state index contributed by atoms with van der Waals surface area (Å²) < 4.78 is 5.72. The zero-order valence-corrected chi connectivity index (χ0v) is 22.3. The second-order valence-electron chi connectivity index (χ2n) is 8.25. The van der Waals surface area contributed by atoms with E-state index < -0.39 is 0 Å². The average Bonchev–Trinajstić information content (AvgIpc) is 2.82. The van der Waals surface area contributed by atoms with E-state index in [1.54, 1.807) is 19.5 Å². The van der Waals surface area contributed by atoms with Crippen molar-refractivity contribution in [1.82, 2.24) is 4.98 Å². The zero-order chi connectivity index (χ0) is 22.3. The fraction of sp³-hybridized carbons (Fsp3) is 0.333. The van der Waals surface area contributed by atoms with E-state index in [0.29, 0.717) is 22.4 Å². The fourth-order valence-electron chi connectivity index (χ4n) is 4.47. The van der Waals surface area contributed by atoms with Gasteiger partial charge in [0.15, 0.2) is 0 Å². The molecule has 0 aliphatic carbocycles. The van der Waals surface area contributed by atoms with Gasteiger partial charge in [0.25, 0.3) is 0 Å². The topological polar surface area (TPSA) is 34.5 Å². The quantitative estimate of drug-likeness (QED) is 0.257. The van der Waals surface area contributed by atoms with Crippen LogP contribution in [-0.2, 0) is 12.8 Å². The molecule has 0 fully saturated rings. The van der Waals surface area contributed by atoms with Gasteiger partial charge in [-0.15, -0.1) is 24.8 Å². The molecule has 2 heterocycles. The summed E-state index contributed by atoms with van der Waals surface area (Å²) in [6.07, 6.45) is 9.74. The number of hydrogen-bond donors (Lipinski definition) is 0. The number of methoxy groups -OCH3 is 1. The lowest BCUT2D eigenvalue weighted by Crippen LogP contribution is -2.21. The summed E-state index contributed by atoms with van der Waals surface area (Å²) in [5, 5.41) is 1.13. The lowest BCUT2D eigenvalue weighted by Gasteiger charge is -2.27. The van der Waals surface area contributed by atoms with Crippen LogP contribution in [0.4, 0.5) is 0 Å². The van der Waals surface area contributed by atoms with Gasteiger partial charge in [0.05, 0.1) is 22.9 Å². The Morgan fingerprint density at radius 2 is 1.65 bits per heavy atom. The van der Waals surface area contributed by atoms with Crippen molar-refractivity contribution in [3.63, 3.8) is 0 Å². The van der Waals surface area contributed by atoms with Gasteiger partial charge in [-0.1, -0.05) is 78.5 Å². The first kappa shape index (κ1) is 28.5. The van der Waals surface area contributed by atoms with Gasteiger partial charge >= 0.3 is 0 Å². The molecule has 3 aromatic rings. The molecule has 1 unspecified atom stereocenters. The van der Waals surface area contributed by atoms with E-state index in [1.165, 1.54) is 30.4 Å². The predicted octanol–water partition coefficient (Wildman–Crippen LogP) is 8.17.